The van der Waals surface area contributed by atoms with Gasteiger partial charge in [-0.2, -0.15) is 0 Å². The number of aliphatic hydroxyl groups is 1. The molecule has 1 aromatic carbocycles. The lowest BCUT2D eigenvalue weighted by molar-refractivity contribution is -0.384. The predicted molar refractivity (Wildman–Crippen MR) is 115 cm³/mol. The largest absolute Gasteiger partial charge is 0.467 e. The summed E-state index contributed by atoms with van der Waals surface area (Å²) in [5, 5.41) is 20.9. The first-order chi connectivity index (χ1) is 17.2. The van der Waals surface area contributed by atoms with Crippen LogP contribution < -0.4 is 4.74 Å². The van der Waals surface area contributed by atoms with Crippen LogP contribution in [0.4, 0.5) is 5.69 Å². The van der Waals surface area contributed by atoms with Gasteiger partial charge in [-0.05, 0) is 12.1 Å². The van der Waals surface area contributed by atoms with Crippen molar-refractivity contribution in [2.75, 3.05) is 47.8 Å². The standard InChI is InChI=1S/C21H27NO14/c1-29-15(24)9-32-18-14(8-23)36-21(35-13-6-4-12(5-7-13)22(27)28)20(34-11-17(26)31-3)19(18)33-10-16(25)30-2/h4-7,14,18-21,23H,8-11H2,1-3H3/t14-,18+,19+,20-,21-/m1/s1. The lowest BCUT2D eigenvalue weighted by Gasteiger charge is -2.44. The van der Waals surface area contributed by atoms with Gasteiger partial charge >= 0.3 is 17.9 Å². The second kappa shape index (κ2) is 14.3. The second-order valence-electron chi connectivity index (χ2n) is 7.15. The van der Waals surface area contributed by atoms with E-state index in [1.807, 2.05) is 0 Å². The number of carbonyl (C=O) groups excluding carboxylic acids is 3. The van der Waals surface area contributed by atoms with Crippen LogP contribution in [0.5, 0.6) is 5.75 Å². The Morgan fingerprint density at radius 3 is 1.78 bits per heavy atom. The molecule has 1 heterocycles. The van der Waals surface area contributed by atoms with Gasteiger partial charge in [0.05, 0.1) is 32.9 Å². The van der Waals surface area contributed by atoms with E-state index >= 15 is 0 Å². The Morgan fingerprint density at radius 1 is 0.861 bits per heavy atom. The van der Waals surface area contributed by atoms with Gasteiger partial charge in [0.25, 0.3) is 5.69 Å². The van der Waals surface area contributed by atoms with Crippen molar-refractivity contribution in [2.24, 2.45) is 0 Å². The van der Waals surface area contributed by atoms with E-state index in [1.165, 1.54) is 24.3 Å². The maximum atomic E-state index is 11.8. The number of hydrogen-bond acceptors (Lipinski definition) is 14. The Kier molecular flexibility index (Phi) is 11.4. The molecule has 15 nitrogen and oxygen atoms in total. The summed E-state index contributed by atoms with van der Waals surface area (Å²) >= 11 is 0. The lowest BCUT2D eigenvalue weighted by atomic mass is 9.98. The monoisotopic (exact) mass is 517 g/mol. The summed E-state index contributed by atoms with van der Waals surface area (Å²) in [6.45, 7) is -2.36. The highest BCUT2D eigenvalue weighted by Gasteiger charge is 2.50. The van der Waals surface area contributed by atoms with Crippen molar-refractivity contribution in [3.63, 3.8) is 0 Å². The van der Waals surface area contributed by atoms with Crippen molar-refractivity contribution in [1.29, 1.82) is 0 Å². The number of ether oxygens (including phenoxy) is 8. The summed E-state index contributed by atoms with van der Waals surface area (Å²) in [4.78, 5) is 45.5. The highest BCUT2D eigenvalue weighted by molar-refractivity contribution is 5.71. The first kappa shape index (κ1) is 28.9. The molecule has 0 unspecified atom stereocenters. The number of rotatable bonds is 13. The maximum absolute atomic E-state index is 11.8. The molecule has 0 radical (unpaired) electrons. The Labute approximate surface area is 205 Å². The zero-order valence-corrected chi connectivity index (χ0v) is 19.7. The summed E-state index contributed by atoms with van der Waals surface area (Å²) in [5.41, 5.74) is -0.186. The van der Waals surface area contributed by atoms with E-state index in [9.17, 15) is 29.6 Å². The number of methoxy groups -OCH3 is 3. The summed E-state index contributed by atoms with van der Waals surface area (Å²) < 4.78 is 42.1. The van der Waals surface area contributed by atoms with Crippen LogP contribution in [0.15, 0.2) is 24.3 Å². The quantitative estimate of drug-likeness (QED) is 0.151. The number of nitrogens with zero attached hydrogens (tertiary/aromatic N) is 1. The number of non-ortho nitro benzene ring substituents is 1. The molecule has 0 amide bonds. The number of benzene rings is 1. The van der Waals surface area contributed by atoms with E-state index in [4.69, 9.17) is 23.7 Å². The van der Waals surface area contributed by atoms with Gasteiger partial charge in [0.2, 0.25) is 6.29 Å². The third-order valence-corrected chi connectivity index (χ3v) is 4.93. The minimum Gasteiger partial charge on any atom is -0.467 e. The zero-order valence-electron chi connectivity index (χ0n) is 19.7. The van der Waals surface area contributed by atoms with Crippen LogP contribution in [0.3, 0.4) is 0 Å². The third kappa shape index (κ3) is 8.10. The van der Waals surface area contributed by atoms with Gasteiger partial charge in [0.15, 0.2) is 0 Å². The smallest absolute Gasteiger partial charge is 0.331 e. The Bertz CT molecular complexity index is 891. The van der Waals surface area contributed by atoms with Crippen molar-refractivity contribution in [3.05, 3.63) is 34.4 Å². The molecule has 200 valence electrons. The van der Waals surface area contributed by atoms with Crippen molar-refractivity contribution in [3.8, 4) is 5.75 Å². The van der Waals surface area contributed by atoms with Crippen LogP contribution in [0, 0.1) is 10.1 Å². The molecule has 5 atom stereocenters. The number of nitro groups is 1. The first-order valence-electron chi connectivity index (χ1n) is 10.5. The number of aliphatic hydroxyl groups excluding tert-OH is 1. The molecule has 1 aliphatic heterocycles. The van der Waals surface area contributed by atoms with E-state index in [-0.39, 0.29) is 11.4 Å². The molecular formula is C21H27NO14. The summed E-state index contributed by atoms with van der Waals surface area (Å²) in [6, 6.07) is 4.99. The number of carbonyl (C=O) groups is 3. The Balaban J connectivity index is 2.38. The van der Waals surface area contributed by atoms with Crippen LogP contribution >= 0.6 is 0 Å². The molecular weight excluding hydrogens is 490 g/mol. The molecule has 0 spiro atoms. The van der Waals surface area contributed by atoms with Crippen molar-refractivity contribution in [2.45, 2.75) is 30.7 Å². The van der Waals surface area contributed by atoms with Gasteiger partial charge in [-0.15, -0.1) is 0 Å². The van der Waals surface area contributed by atoms with Crippen LogP contribution in [0.25, 0.3) is 0 Å². The third-order valence-electron chi connectivity index (χ3n) is 4.93. The van der Waals surface area contributed by atoms with E-state index in [0.29, 0.717) is 0 Å². The fraction of sp³-hybridized carbons (Fsp3) is 0.571. The molecule has 0 bridgehead atoms. The highest BCUT2D eigenvalue weighted by atomic mass is 16.7. The second-order valence-corrected chi connectivity index (χ2v) is 7.15. The molecule has 2 rings (SSSR count). The SMILES string of the molecule is COC(=O)CO[C@H]1[C@@H](OCC(=O)OC)[C@@H](CO)O[C@@H](Oc2ccc([N+](=O)[O-])cc2)[C@@H]1OCC(=O)OC. The highest BCUT2D eigenvalue weighted by Crippen LogP contribution is 2.30. The number of esters is 3. The minimum absolute atomic E-state index is 0.120. The fourth-order valence-corrected chi connectivity index (χ4v) is 3.14. The van der Waals surface area contributed by atoms with Gasteiger partial charge in [0, 0.05) is 12.1 Å². The lowest BCUT2D eigenvalue weighted by Crippen LogP contribution is -2.63. The van der Waals surface area contributed by atoms with E-state index in [0.717, 1.165) is 21.3 Å². The molecule has 1 N–H and O–H groups in total. The van der Waals surface area contributed by atoms with E-state index in [2.05, 4.69) is 14.2 Å². The Hall–Kier alpha value is -3.37. The molecule has 36 heavy (non-hydrogen) atoms. The summed E-state index contributed by atoms with van der Waals surface area (Å²) in [5.74, 6) is -2.13. The zero-order chi connectivity index (χ0) is 26.7. The molecule has 0 aromatic heterocycles. The minimum atomic E-state index is -1.37. The summed E-state index contributed by atoms with van der Waals surface area (Å²) in [6.07, 6.45) is -6.24. The predicted octanol–water partition coefficient (Wildman–Crippen LogP) is -0.635. The van der Waals surface area contributed by atoms with Crippen LogP contribution in [0.1, 0.15) is 0 Å². The molecule has 0 saturated carbocycles. The topological polar surface area (TPSA) is 188 Å². The van der Waals surface area contributed by atoms with Gasteiger partial charge in [-0.25, -0.2) is 14.4 Å². The van der Waals surface area contributed by atoms with Gasteiger partial charge in [-0.1, -0.05) is 0 Å². The van der Waals surface area contributed by atoms with Gasteiger partial charge < -0.3 is 43.0 Å². The molecule has 15 heteroatoms. The molecule has 1 aliphatic rings. The normalized spacial score (nSPS) is 23.4. The average molecular weight is 517 g/mol. The van der Waals surface area contributed by atoms with Crippen LogP contribution in [-0.4, -0.2) is 106 Å². The first-order valence-corrected chi connectivity index (χ1v) is 10.5. The molecule has 0 aliphatic carbocycles. The number of nitro benzene ring substituents is 1. The van der Waals surface area contributed by atoms with Crippen molar-refractivity contribution in [1.82, 2.24) is 0 Å². The van der Waals surface area contributed by atoms with E-state index < -0.39 is 80.0 Å². The average Bonchev–Trinajstić information content (AvgIpc) is 2.89. The fourth-order valence-electron chi connectivity index (χ4n) is 3.14. The Morgan fingerprint density at radius 2 is 1.33 bits per heavy atom. The van der Waals surface area contributed by atoms with Crippen molar-refractivity contribution < 1.29 is 62.3 Å². The van der Waals surface area contributed by atoms with E-state index in [1.54, 1.807) is 0 Å². The molecule has 1 aromatic rings. The van der Waals surface area contributed by atoms with Gasteiger partial charge in [-0.3, -0.25) is 10.1 Å². The van der Waals surface area contributed by atoms with Gasteiger partial charge in [0.1, 0.15) is 50.0 Å². The maximum Gasteiger partial charge on any atom is 0.331 e. The summed E-state index contributed by atoms with van der Waals surface area (Å²) in [7, 11) is 3.43. The van der Waals surface area contributed by atoms with Crippen molar-refractivity contribution >= 4 is 23.6 Å². The molecule has 1 saturated heterocycles. The molecule has 1 fully saturated rings. The van der Waals surface area contributed by atoms with Crippen LogP contribution in [-0.2, 0) is 47.5 Å². The number of hydrogen-bond donors (Lipinski definition) is 1. The van der Waals surface area contributed by atoms with Crippen LogP contribution in [0.2, 0.25) is 0 Å².